The van der Waals surface area contributed by atoms with Gasteiger partial charge in [-0.3, -0.25) is 0 Å². The molecule has 0 radical (unpaired) electrons. The molecule has 0 aromatic rings. The number of nitriles is 1. The molecule has 0 aromatic heterocycles. The van der Waals surface area contributed by atoms with Gasteiger partial charge in [-0.2, -0.15) is 5.26 Å². The molecule has 0 unspecified atom stereocenters. The van der Waals surface area contributed by atoms with Crippen molar-refractivity contribution in [3.63, 3.8) is 0 Å². The third-order valence-corrected chi connectivity index (χ3v) is 4.71. The molecular formula is C10H18N2O2S. The third-order valence-electron chi connectivity index (χ3n) is 2.35. The van der Waals surface area contributed by atoms with Gasteiger partial charge >= 0.3 is 0 Å². The van der Waals surface area contributed by atoms with Crippen LogP contribution >= 0.6 is 0 Å². The van der Waals surface area contributed by atoms with Crippen LogP contribution in [0.15, 0.2) is 0 Å². The van der Waals surface area contributed by atoms with E-state index in [1.165, 1.54) is 4.31 Å². The molecule has 4 nitrogen and oxygen atoms in total. The smallest absolute Gasteiger partial charge is 0.212 e. The number of hydrogen-bond acceptors (Lipinski definition) is 3. The SMILES string of the molecule is CC(C)CN(CCC#N)S(=O)(=O)C1CC1. The molecular weight excluding hydrogens is 212 g/mol. The topological polar surface area (TPSA) is 61.2 Å². The zero-order valence-corrected chi connectivity index (χ0v) is 10.1. The zero-order valence-electron chi connectivity index (χ0n) is 9.31. The Morgan fingerprint density at radius 2 is 2.07 bits per heavy atom. The monoisotopic (exact) mass is 230 g/mol. The van der Waals surface area contributed by atoms with Gasteiger partial charge in [0.2, 0.25) is 10.0 Å². The summed E-state index contributed by atoms with van der Waals surface area (Å²) >= 11 is 0. The molecule has 0 saturated heterocycles. The van der Waals surface area contributed by atoms with Crippen molar-refractivity contribution < 1.29 is 8.42 Å². The average molecular weight is 230 g/mol. The van der Waals surface area contributed by atoms with Crippen molar-refractivity contribution in [2.24, 2.45) is 5.92 Å². The molecule has 0 spiro atoms. The molecule has 1 aliphatic rings. The summed E-state index contributed by atoms with van der Waals surface area (Å²) in [6.07, 6.45) is 1.84. The summed E-state index contributed by atoms with van der Waals surface area (Å²) in [5, 5.41) is 8.33. The van der Waals surface area contributed by atoms with Gasteiger partial charge in [0.1, 0.15) is 0 Å². The van der Waals surface area contributed by atoms with E-state index in [-0.39, 0.29) is 11.7 Å². The maximum absolute atomic E-state index is 12.0. The second-order valence-corrected chi connectivity index (χ2v) is 6.62. The molecule has 1 aliphatic carbocycles. The number of sulfonamides is 1. The van der Waals surface area contributed by atoms with E-state index in [0.717, 1.165) is 12.8 Å². The van der Waals surface area contributed by atoms with Gasteiger partial charge in [-0.05, 0) is 18.8 Å². The molecule has 0 aromatic carbocycles. The Morgan fingerprint density at radius 1 is 1.47 bits per heavy atom. The summed E-state index contributed by atoms with van der Waals surface area (Å²) in [6, 6.07) is 2.00. The Hall–Kier alpha value is -0.600. The standard InChI is InChI=1S/C10H18N2O2S/c1-9(2)8-12(7-3-6-11)15(13,14)10-4-5-10/h9-10H,3-5,7-8H2,1-2H3. The quantitative estimate of drug-likeness (QED) is 0.692. The van der Waals surface area contributed by atoms with Crippen molar-refractivity contribution in [1.29, 1.82) is 5.26 Å². The van der Waals surface area contributed by atoms with E-state index in [9.17, 15) is 8.42 Å². The van der Waals surface area contributed by atoms with Crippen LogP contribution in [-0.2, 0) is 10.0 Å². The van der Waals surface area contributed by atoms with Crippen LogP contribution in [0, 0.1) is 17.2 Å². The van der Waals surface area contributed by atoms with E-state index < -0.39 is 10.0 Å². The second-order valence-electron chi connectivity index (χ2n) is 4.40. The molecule has 5 heteroatoms. The van der Waals surface area contributed by atoms with Crippen LogP contribution < -0.4 is 0 Å². The van der Waals surface area contributed by atoms with Gasteiger partial charge in [-0.25, -0.2) is 12.7 Å². The highest BCUT2D eigenvalue weighted by atomic mass is 32.2. The molecule has 0 heterocycles. The molecule has 1 saturated carbocycles. The predicted molar refractivity (Wildman–Crippen MR) is 58.6 cm³/mol. The second kappa shape index (κ2) is 4.95. The highest BCUT2D eigenvalue weighted by molar-refractivity contribution is 7.90. The van der Waals surface area contributed by atoms with Gasteiger partial charge in [0.15, 0.2) is 0 Å². The minimum absolute atomic E-state index is 0.171. The van der Waals surface area contributed by atoms with E-state index in [1.54, 1.807) is 0 Å². The number of hydrogen-bond donors (Lipinski definition) is 0. The van der Waals surface area contributed by atoms with Crippen molar-refractivity contribution >= 4 is 10.0 Å². The van der Waals surface area contributed by atoms with Gasteiger partial charge < -0.3 is 0 Å². The van der Waals surface area contributed by atoms with Crippen molar-refractivity contribution in [1.82, 2.24) is 4.31 Å². The highest BCUT2D eigenvalue weighted by Crippen LogP contribution is 2.31. The lowest BCUT2D eigenvalue weighted by atomic mass is 10.2. The predicted octanol–water partition coefficient (Wildman–Crippen LogP) is 1.35. The molecule has 1 rings (SSSR count). The highest BCUT2D eigenvalue weighted by Gasteiger charge is 2.39. The van der Waals surface area contributed by atoms with E-state index in [4.69, 9.17) is 5.26 Å². The van der Waals surface area contributed by atoms with Gasteiger partial charge in [-0.1, -0.05) is 13.8 Å². The van der Waals surface area contributed by atoms with Crippen LogP contribution in [0.1, 0.15) is 33.1 Å². The normalized spacial score (nSPS) is 17.0. The van der Waals surface area contributed by atoms with Crippen molar-refractivity contribution in [2.75, 3.05) is 13.1 Å². The van der Waals surface area contributed by atoms with E-state index >= 15 is 0 Å². The molecule has 0 atom stereocenters. The first kappa shape index (κ1) is 12.5. The lowest BCUT2D eigenvalue weighted by Crippen LogP contribution is -2.37. The zero-order chi connectivity index (χ0) is 11.5. The minimum atomic E-state index is -3.11. The fourth-order valence-electron chi connectivity index (χ4n) is 1.48. The number of rotatable bonds is 6. The lowest BCUT2D eigenvalue weighted by Gasteiger charge is -2.22. The maximum Gasteiger partial charge on any atom is 0.217 e. The van der Waals surface area contributed by atoms with E-state index in [2.05, 4.69) is 0 Å². The summed E-state index contributed by atoms with van der Waals surface area (Å²) < 4.78 is 25.4. The van der Waals surface area contributed by atoms with Crippen molar-refractivity contribution in [3.8, 4) is 6.07 Å². The lowest BCUT2D eigenvalue weighted by molar-refractivity contribution is 0.372. The first-order valence-corrected chi connectivity index (χ1v) is 6.84. The first-order chi connectivity index (χ1) is 6.98. The average Bonchev–Trinajstić information content (AvgIpc) is 2.94. The van der Waals surface area contributed by atoms with E-state index in [1.807, 2.05) is 19.9 Å². The Bertz CT molecular complexity index is 339. The molecule has 86 valence electrons. The Morgan fingerprint density at radius 3 is 2.47 bits per heavy atom. The Kier molecular flexibility index (Phi) is 4.12. The molecule has 1 fully saturated rings. The summed E-state index contributed by atoms with van der Waals surface area (Å²) in [5.41, 5.74) is 0. The van der Waals surface area contributed by atoms with Gasteiger partial charge in [-0.15, -0.1) is 0 Å². The summed E-state index contributed by atoms with van der Waals surface area (Å²) in [4.78, 5) is 0. The van der Waals surface area contributed by atoms with Gasteiger partial charge in [0.05, 0.1) is 11.3 Å². The van der Waals surface area contributed by atoms with Crippen LogP contribution in [0.3, 0.4) is 0 Å². The summed E-state index contributed by atoms with van der Waals surface area (Å²) in [7, 11) is -3.11. The Labute approximate surface area is 91.9 Å². The summed E-state index contributed by atoms with van der Waals surface area (Å²) in [5.74, 6) is 0.303. The van der Waals surface area contributed by atoms with Crippen LogP contribution in [0.4, 0.5) is 0 Å². The first-order valence-electron chi connectivity index (χ1n) is 5.34. The fourth-order valence-corrected chi connectivity index (χ4v) is 3.49. The molecule has 0 N–H and O–H groups in total. The fraction of sp³-hybridized carbons (Fsp3) is 0.900. The van der Waals surface area contributed by atoms with Gasteiger partial charge in [0, 0.05) is 19.5 Å². The maximum atomic E-state index is 12.0. The minimum Gasteiger partial charge on any atom is -0.212 e. The van der Waals surface area contributed by atoms with Crippen LogP contribution in [-0.4, -0.2) is 31.1 Å². The van der Waals surface area contributed by atoms with Crippen LogP contribution in [0.25, 0.3) is 0 Å². The molecule has 0 amide bonds. The van der Waals surface area contributed by atoms with E-state index in [0.29, 0.717) is 19.0 Å². The largest absolute Gasteiger partial charge is 0.217 e. The molecule has 0 aliphatic heterocycles. The molecule has 15 heavy (non-hydrogen) atoms. The van der Waals surface area contributed by atoms with Crippen LogP contribution in [0.5, 0.6) is 0 Å². The number of nitrogens with zero attached hydrogens (tertiary/aromatic N) is 2. The van der Waals surface area contributed by atoms with Crippen molar-refractivity contribution in [2.45, 2.75) is 38.4 Å². The molecule has 0 bridgehead atoms. The van der Waals surface area contributed by atoms with Crippen molar-refractivity contribution in [3.05, 3.63) is 0 Å². The summed E-state index contributed by atoms with van der Waals surface area (Å²) in [6.45, 7) is 4.84. The third kappa shape index (κ3) is 3.47. The van der Waals surface area contributed by atoms with Gasteiger partial charge in [0.25, 0.3) is 0 Å². The van der Waals surface area contributed by atoms with Crippen LogP contribution in [0.2, 0.25) is 0 Å². The Balaban J connectivity index is 2.66.